The van der Waals surface area contributed by atoms with Crippen molar-refractivity contribution in [2.45, 2.75) is 38.6 Å². The third kappa shape index (κ3) is 4.29. The van der Waals surface area contributed by atoms with E-state index in [2.05, 4.69) is 12.2 Å². The van der Waals surface area contributed by atoms with Gasteiger partial charge in [0.25, 0.3) is 0 Å². The highest BCUT2D eigenvalue weighted by atomic mass is 32.2. The third-order valence-electron chi connectivity index (χ3n) is 3.33. The molecule has 122 valence electrons. The standard InChI is InChI=1S/C14H26N2O4S/c1-6-7-15-10-13-11(2)20-12(3)14(13)21(17,18)16(4)8-9-19-5/h15H,6-10H2,1-5H3. The second-order valence-electron chi connectivity index (χ2n) is 5.02. The van der Waals surface area contributed by atoms with Crippen LogP contribution in [-0.2, 0) is 21.3 Å². The fraction of sp³-hybridized carbons (Fsp3) is 0.714. The zero-order chi connectivity index (χ0) is 16.0. The van der Waals surface area contributed by atoms with Gasteiger partial charge >= 0.3 is 0 Å². The monoisotopic (exact) mass is 318 g/mol. The van der Waals surface area contributed by atoms with Crippen LogP contribution < -0.4 is 5.32 Å². The van der Waals surface area contributed by atoms with Crippen molar-refractivity contribution < 1.29 is 17.6 Å². The Bertz CT molecular complexity index is 552. The van der Waals surface area contributed by atoms with E-state index in [4.69, 9.17) is 9.15 Å². The predicted molar refractivity (Wildman–Crippen MR) is 81.9 cm³/mol. The van der Waals surface area contributed by atoms with Crippen LogP contribution in [0.25, 0.3) is 0 Å². The topological polar surface area (TPSA) is 71.8 Å². The molecule has 1 aromatic heterocycles. The minimum absolute atomic E-state index is 0.280. The normalized spacial score (nSPS) is 12.3. The van der Waals surface area contributed by atoms with E-state index >= 15 is 0 Å². The van der Waals surface area contributed by atoms with Crippen LogP contribution in [0.5, 0.6) is 0 Å². The van der Waals surface area contributed by atoms with E-state index in [1.54, 1.807) is 28.0 Å². The molecule has 6 nitrogen and oxygen atoms in total. The summed E-state index contributed by atoms with van der Waals surface area (Å²) in [5.74, 6) is 1.08. The molecule has 1 N–H and O–H groups in total. The molecule has 0 saturated heterocycles. The first-order valence-electron chi connectivity index (χ1n) is 7.11. The van der Waals surface area contributed by atoms with Crippen LogP contribution in [0.4, 0.5) is 0 Å². The number of furan rings is 1. The number of hydrogen-bond acceptors (Lipinski definition) is 5. The van der Waals surface area contributed by atoms with Crippen LogP contribution in [0.3, 0.4) is 0 Å². The zero-order valence-electron chi connectivity index (χ0n) is 13.5. The van der Waals surface area contributed by atoms with Gasteiger partial charge in [-0.1, -0.05) is 6.92 Å². The number of ether oxygens (including phenoxy) is 1. The molecule has 7 heteroatoms. The summed E-state index contributed by atoms with van der Waals surface area (Å²) < 4.78 is 37.2. The highest BCUT2D eigenvalue weighted by molar-refractivity contribution is 7.89. The number of methoxy groups -OCH3 is 1. The third-order valence-corrected chi connectivity index (χ3v) is 5.39. The second kappa shape index (κ2) is 7.93. The van der Waals surface area contributed by atoms with E-state index in [0.717, 1.165) is 13.0 Å². The van der Waals surface area contributed by atoms with Crippen molar-refractivity contribution in [2.24, 2.45) is 0 Å². The highest BCUT2D eigenvalue weighted by Crippen LogP contribution is 2.28. The summed E-state index contributed by atoms with van der Waals surface area (Å²) >= 11 is 0. The summed E-state index contributed by atoms with van der Waals surface area (Å²) in [4.78, 5) is 0.280. The van der Waals surface area contributed by atoms with Gasteiger partial charge in [-0.05, 0) is 26.8 Å². The lowest BCUT2D eigenvalue weighted by Crippen LogP contribution is -2.31. The molecule has 0 aliphatic heterocycles. The van der Waals surface area contributed by atoms with Crippen LogP contribution >= 0.6 is 0 Å². The number of likely N-dealkylation sites (N-methyl/N-ethyl adjacent to an activating group) is 1. The maximum absolute atomic E-state index is 12.7. The lowest BCUT2D eigenvalue weighted by molar-refractivity contribution is 0.185. The molecule has 1 heterocycles. The average Bonchev–Trinajstić information content (AvgIpc) is 2.71. The van der Waals surface area contributed by atoms with E-state index < -0.39 is 10.0 Å². The van der Waals surface area contributed by atoms with E-state index in [9.17, 15) is 8.42 Å². The first-order chi connectivity index (χ1) is 9.86. The molecule has 0 aliphatic carbocycles. The molecule has 1 rings (SSSR count). The number of aryl methyl sites for hydroxylation is 2. The van der Waals surface area contributed by atoms with Crippen molar-refractivity contribution in [1.82, 2.24) is 9.62 Å². The molecule has 21 heavy (non-hydrogen) atoms. The van der Waals surface area contributed by atoms with Crippen LogP contribution in [0.2, 0.25) is 0 Å². The summed E-state index contributed by atoms with van der Waals surface area (Å²) in [5, 5.41) is 3.23. The van der Waals surface area contributed by atoms with Gasteiger partial charge in [-0.2, -0.15) is 4.31 Å². The Morgan fingerprint density at radius 1 is 1.29 bits per heavy atom. The molecular formula is C14H26N2O4S. The molecule has 0 fully saturated rings. The van der Waals surface area contributed by atoms with E-state index in [1.807, 2.05) is 0 Å². The van der Waals surface area contributed by atoms with Crippen molar-refractivity contribution in [3.63, 3.8) is 0 Å². The molecule has 0 amide bonds. The maximum atomic E-state index is 12.7. The largest absolute Gasteiger partial charge is 0.465 e. The highest BCUT2D eigenvalue weighted by Gasteiger charge is 2.30. The summed E-state index contributed by atoms with van der Waals surface area (Å²) in [7, 11) is -0.465. The number of nitrogens with zero attached hydrogens (tertiary/aromatic N) is 1. The van der Waals surface area contributed by atoms with E-state index in [1.165, 1.54) is 4.31 Å². The summed E-state index contributed by atoms with van der Waals surface area (Å²) in [6.07, 6.45) is 0.992. The van der Waals surface area contributed by atoms with Gasteiger partial charge in [0.05, 0.1) is 6.61 Å². The van der Waals surface area contributed by atoms with Crippen molar-refractivity contribution in [2.75, 3.05) is 33.9 Å². The summed E-state index contributed by atoms with van der Waals surface area (Å²) in [5.41, 5.74) is 0.713. The molecule has 0 radical (unpaired) electrons. The fourth-order valence-electron chi connectivity index (χ4n) is 2.14. The van der Waals surface area contributed by atoms with Gasteiger partial charge in [0, 0.05) is 32.8 Å². The summed E-state index contributed by atoms with van der Waals surface area (Å²) in [6, 6.07) is 0. The molecule has 0 unspecified atom stereocenters. The van der Waals surface area contributed by atoms with Crippen LogP contribution in [0.15, 0.2) is 9.31 Å². The molecule has 0 spiro atoms. The minimum Gasteiger partial charge on any atom is -0.465 e. The lowest BCUT2D eigenvalue weighted by Gasteiger charge is -2.17. The van der Waals surface area contributed by atoms with Gasteiger partial charge < -0.3 is 14.5 Å². The quantitative estimate of drug-likeness (QED) is 0.701. The number of rotatable bonds is 9. The van der Waals surface area contributed by atoms with Gasteiger partial charge in [0.2, 0.25) is 10.0 Å². The van der Waals surface area contributed by atoms with Crippen molar-refractivity contribution in [1.29, 1.82) is 0 Å². The molecule has 0 atom stereocenters. The Kier molecular flexibility index (Phi) is 6.86. The Hall–Kier alpha value is -0.890. The molecule has 0 saturated carbocycles. The minimum atomic E-state index is -3.57. The van der Waals surface area contributed by atoms with E-state index in [-0.39, 0.29) is 4.90 Å². The van der Waals surface area contributed by atoms with Gasteiger partial charge in [-0.15, -0.1) is 0 Å². The number of hydrogen-bond donors (Lipinski definition) is 1. The van der Waals surface area contributed by atoms with Crippen LogP contribution in [0.1, 0.15) is 30.4 Å². The number of nitrogens with one attached hydrogen (secondary N) is 1. The molecule has 0 aliphatic rings. The zero-order valence-corrected chi connectivity index (χ0v) is 14.3. The van der Waals surface area contributed by atoms with Gasteiger partial charge in [-0.25, -0.2) is 8.42 Å². The van der Waals surface area contributed by atoms with Crippen LogP contribution in [0, 0.1) is 13.8 Å². The van der Waals surface area contributed by atoms with Gasteiger partial charge in [0.1, 0.15) is 16.4 Å². The summed E-state index contributed by atoms with van der Waals surface area (Å²) in [6.45, 7) is 7.54. The first kappa shape index (κ1) is 18.2. The average molecular weight is 318 g/mol. The molecular weight excluding hydrogens is 292 g/mol. The van der Waals surface area contributed by atoms with Gasteiger partial charge in [-0.3, -0.25) is 0 Å². The molecule has 1 aromatic rings. The predicted octanol–water partition coefficient (Wildman–Crippen LogP) is 1.66. The van der Waals surface area contributed by atoms with Crippen molar-refractivity contribution in [3.8, 4) is 0 Å². The smallest absolute Gasteiger partial charge is 0.246 e. The van der Waals surface area contributed by atoms with Crippen molar-refractivity contribution >= 4 is 10.0 Å². The SMILES string of the molecule is CCCNCc1c(C)oc(C)c1S(=O)(=O)N(C)CCOC. The Morgan fingerprint density at radius 2 is 1.95 bits per heavy atom. The Balaban J connectivity index is 3.10. The second-order valence-corrected chi connectivity index (χ2v) is 7.00. The Morgan fingerprint density at radius 3 is 2.52 bits per heavy atom. The number of sulfonamides is 1. The Labute approximate surface area is 127 Å². The van der Waals surface area contributed by atoms with Gasteiger partial charge in [0.15, 0.2) is 0 Å². The molecule has 0 aromatic carbocycles. The van der Waals surface area contributed by atoms with Crippen LogP contribution in [-0.4, -0.2) is 46.6 Å². The first-order valence-corrected chi connectivity index (χ1v) is 8.55. The van der Waals surface area contributed by atoms with E-state index in [0.29, 0.717) is 36.8 Å². The lowest BCUT2D eigenvalue weighted by atomic mass is 10.2. The maximum Gasteiger partial charge on any atom is 0.246 e. The fourth-order valence-corrected chi connectivity index (χ4v) is 3.70. The molecule has 0 bridgehead atoms. The van der Waals surface area contributed by atoms with Crippen molar-refractivity contribution in [3.05, 3.63) is 17.1 Å².